The molecule has 1 atom stereocenters. The number of benzene rings is 2. The monoisotopic (exact) mass is 496 g/mol. The Balaban J connectivity index is 1.96. The molecule has 0 fully saturated rings. The number of anilines is 1. The minimum atomic E-state index is -3.92. The van der Waals surface area contributed by atoms with Crippen molar-refractivity contribution >= 4 is 56.6 Å². The second kappa shape index (κ2) is 10.7. The Labute approximate surface area is 188 Å². The lowest BCUT2D eigenvalue weighted by Gasteiger charge is -2.28. The van der Waals surface area contributed by atoms with Gasteiger partial charge in [-0.3, -0.25) is 9.10 Å². The zero-order valence-electron chi connectivity index (χ0n) is 16.2. The summed E-state index contributed by atoms with van der Waals surface area (Å²) in [7, 11) is -3.92. The summed E-state index contributed by atoms with van der Waals surface area (Å²) < 4.78 is 51.8. The second-order valence-electron chi connectivity index (χ2n) is 6.38. The number of amides is 1. The van der Waals surface area contributed by atoms with Crippen molar-refractivity contribution < 1.29 is 22.0 Å². The predicted molar refractivity (Wildman–Crippen MR) is 119 cm³/mol. The minimum absolute atomic E-state index is 0.137. The van der Waals surface area contributed by atoms with Crippen LogP contribution >= 0.6 is 35.0 Å². The van der Waals surface area contributed by atoms with Gasteiger partial charge in [-0.05, 0) is 36.8 Å². The average molecular weight is 497 g/mol. The Bertz CT molecular complexity index is 1000. The van der Waals surface area contributed by atoms with Crippen LogP contribution in [0.15, 0.2) is 36.4 Å². The van der Waals surface area contributed by atoms with E-state index in [0.717, 1.165) is 34.3 Å². The van der Waals surface area contributed by atoms with Crippen molar-refractivity contribution in [3.8, 4) is 0 Å². The topological polar surface area (TPSA) is 66.5 Å². The van der Waals surface area contributed by atoms with E-state index >= 15 is 0 Å². The van der Waals surface area contributed by atoms with E-state index in [9.17, 15) is 22.0 Å². The van der Waals surface area contributed by atoms with Gasteiger partial charge in [-0.2, -0.15) is 11.8 Å². The Morgan fingerprint density at radius 3 is 2.37 bits per heavy atom. The number of nitrogens with one attached hydrogen (secondary N) is 1. The van der Waals surface area contributed by atoms with Gasteiger partial charge in [0.25, 0.3) is 0 Å². The molecule has 5 nitrogen and oxygen atoms in total. The Hall–Kier alpha value is -1.55. The summed E-state index contributed by atoms with van der Waals surface area (Å²) in [5, 5.41) is 3.76. The molecule has 0 aliphatic rings. The molecule has 1 amide bonds. The van der Waals surface area contributed by atoms with Crippen LogP contribution in [-0.4, -0.2) is 38.9 Å². The Kier molecular flexibility index (Phi) is 8.78. The van der Waals surface area contributed by atoms with Crippen molar-refractivity contribution in [1.82, 2.24) is 5.32 Å². The molecular formula is C19H20Cl2F2N2O3S2. The first-order valence-electron chi connectivity index (χ1n) is 8.75. The molecule has 2 aromatic rings. The number of thioether (sulfide) groups is 1. The molecular weight excluding hydrogens is 477 g/mol. The molecule has 11 heteroatoms. The van der Waals surface area contributed by atoms with E-state index in [0.29, 0.717) is 21.6 Å². The van der Waals surface area contributed by atoms with Crippen LogP contribution in [0.25, 0.3) is 0 Å². The number of halogens is 4. The molecule has 0 aromatic heterocycles. The quantitative estimate of drug-likeness (QED) is 0.519. The van der Waals surface area contributed by atoms with E-state index in [1.54, 1.807) is 18.2 Å². The lowest BCUT2D eigenvalue weighted by molar-refractivity contribution is -0.121. The van der Waals surface area contributed by atoms with E-state index < -0.39 is 33.6 Å². The summed E-state index contributed by atoms with van der Waals surface area (Å²) >= 11 is 13.7. The molecule has 30 heavy (non-hydrogen) atoms. The van der Waals surface area contributed by atoms with Gasteiger partial charge in [0.1, 0.15) is 6.04 Å². The average Bonchev–Trinajstić information content (AvgIpc) is 2.65. The van der Waals surface area contributed by atoms with Crippen LogP contribution in [0.5, 0.6) is 0 Å². The predicted octanol–water partition coefficient (Wildman–Crippen LogP) is 4.48. The fourth-order valence-electron chi connectivity index (χ4n) is 2.67. The van der Waals surface area contributed by atoms with E-state index in [4.69, 9.17) is 23.2 Å². The lowest BCUT2D eigenvalue weighted by Crippen LogP contribution is -2.48. The molecule has 2 rings (SSSR count). The number of sulfonamides is 1. The first-order chi connectivity index (χ1) is 14.0. The highest BCUT2D eigenvalue weighted by molar-refractivity contribution is 7.98. The maximum Gasteiger partial charge on any atom is 0.243 e. The zero-order valence-corrected chi connectivity index (χ0v) is 19.3. The van der Waals surface area contributed by atoms with E-state index in [2.05, 4.69) is 5.32 Å². The van der Waals surface area contributed by atoms with Gasteiger partial charge in [0, 0.05) is 34.2 Å². The molecule has 0 heterocycles. The molecule has 164 valence electrons. The fourth-order valence-corrected chi connectivity index (χ4v) is 5.43. The van der Waals surface area contributed by atoms with Gasteiger partial charge < -0.3 is 5.32 Å². The van der Waals surface area contributed by atoms with Crippen LogP contribution in [-0.2, 0) is 20.6 Å². The lowest BCUT2D eigenvalue weighted by atomic mass is 10.2. The molecule has 0 bridgehead atoms. The van der Waals surface area contributed by atoms with Crippen LogP contribution in [0, 0.1) is 11.6 Å². The summed E-state index contributed by atoms with van der Waals surface area (Å²) in [5.74, 6) is -1.80. The van der Waals surface area contributed by atoms with Crippen LogP contribution < -0.4 is 9.62 Å². The van der Waals surface area contributed by atoms with Gasteiger partial charge in [0.2, 0.25) is 15.9 Å². The summed E-state index contributed by atoms with van der Waals surface area (Å²) in [6, 6.07) is 6.73. The van der Waals surface area contributed by atoms with Gasteiger partial charge in [-0.25, -0.2) is 17.2 Å². The first-order valence-corrected chi connectivity index (χ1v) is 12.5. The van der Waals surface area contributed by atoms with E-state index in [-0.39, 0.29) is 12.2 Å². The fraction of sp³-hybridized carbons (Fsp3) is 0.316. The molecule has 0 aliphatic carbocycles. The van der Waals surface area contributed by atoms with Crippen molar-refractivity contribution in [3.05, 3.63) is 63.6 Å². The normalized spacial score (nSPS) is 12.5. The molecule has 0 aliphatic heterocycles. The summed E-state index contributed by atoms with van der Waals surface area (Å²) in [5.41, 5.74) is 0.661. The van der Waals surface area contributed by atoms with E-state index in [1.165, 1.54) is 18.7 Å². The zero-order chi connectivity index (χ0) is 22.5. The highest BCUT2D eigenvalue weighted by Crippen LogP contribution is 2.28. The van der Waals surface area contributed by atoms with E-state index in [1.807, 2.05) is 0 Å². The highest BCUT2D eigenvalue weighted by Gasteiger charge is 2.29. The van der Waals surface area contributed by atoms with Crippen molar-refractivity contribution in [1.29, 1.82) is 0 Å². The van der Waals surface area contributed by atoms with Crippen molar-refractivity contribution in [3.63, 3.8) is 0 Å². The number of nitrogens with zero attached hydrogens (tertiary/aromatic N) is 1. The van der Waals surface area contributed by atoms with Gasteiger partial charge >= 0.3 is 0 Å². The third kappa shape index (κ3) is 6.47. The summed E-state index contributed by atoms with van der Waals surface area (Å²) in [4.78, 5) is 12.5. The van der Waals surface area contributed by atoms with Crippen LogP contribution in [0.2, 0.25) is 10.0 Å². The maximum absolute atomic E-state index is 13.6. The standard InChI is InChI=1S/C19H20Cl2F2N2O3S2/c1-12(25(30(2,27)28)13-6-7-17(22)18(23)10-13)19(26)24-8-9-29-11-14-15(20)4-3-5-16(14)21/h3-7,10,12H,8-9,11H2,1-2H3,(H,24,26)/t12-/m0/s1. The maximum atomic E-state index is 13.6. The van der Waals surface area contributed by atoms with Gasteiger partial charge in [0.05, 0.1) is 11.9 Å². The molecule has 0 saturated carbocycles. The van der Waals surface area contributed by atoms with Crippen LogP contribution in [0.3, 0.4) is 0 Å². The number of hydrogen-bond acceptors (Lipinski definition) is 4. The number of carbonyl (C=O) groups excluding carboxylic acids is 1. The van der Waals surface area contributed by atoms with Crippen molar-refractivity contribution in [2.45, 2.75) is 18.7 Å². The third-order valence-corrected chi connectivity index (χ3v) is 7.04. The molecule has 0 unspecified atom stereocenters. The van der Waals surface area contributed by atoms with Crippen LogP contribution in [0.4, 0.5) is 14.5 Å². The number of carbonyl (C=O) groups is 1. The van der Waals surface area contributed by atoms with Gasteiger partial charge in [-0.1, -0.05) is 29.3 Å². The van der Waals surface area contributed by atoms with Gasteiger partial charge in [0.15, 0.2) is 11.6 Å². The number of hydrogen-bond donors (Lipinski definition) is 1. The smallest absolute Gasteiger partial charge is 0.243 e. The van der Waals surface area contributed by atoms with Crippen molar-refractivity contribution in [2.24, 2.45) is 0 Å². The highest BCUT2D eigenvalue weighted by atomic mass is 35.5. The third-order valence-electron chi connectivity index (χ3n) is 4.10. The molecule has 0 spiro atoms. The Morgan fingerprint density at radius 1 is 1.17 bits per heavy atom. The molecule has 1 N–H and O–H groups in total. The van der Waals surface area contributed by atoms with Crippen molar-refractivity contribution in [2.75, 3.05) is 22.9 Å². The molecule has 0 saturated heterocycles. The molecule has 0 radical (unpaired) electrons. The summed E-state index contributed by atoms with van der Waals surface area (Å²) in [6.45, 7) is 1.64. The van der Waals surface area contributed by atoms with Crippen LogP contribution in [0.1, 0.15) is 12.5 Å². The SMILES string of the molecule is C[C@@H](C(=O)NCCSCc1c(Cl)cccc1Cl)N(c1ccc(F)c(F)c1)S(C)(=O)=O. The largest absolute Gasteiger partial charge is 0.353 e. The second-order valence-corrected chi connectivity index (χ2v) is 10.2. The Morgan fingerprint density at radius 2 is 1.80 bits per heavy atom. The minimum Gasteiger partial charge on any atom is -0.353 e. The summed E-state index contributed by atoms with van der Waals surface area (Å²) in [6.07, 6.45) is 0.890. The van der Waals surface area contributed by atoms with Gasteiger partial charge in [-0.15, -0.1) is 0 Å². The molecule has 2 aromatic carbocycles. The first kappa shape index (κ1) is 24.7. The number of rotatable bonds is 9.